The third kappa shape index (κ3) is 3.91. The summed E-state index contributed by atoms with van der Waals surface area (Å²) >= 11 is 0. The molecule has 0 saturated heterocycles. The number of fused-ring (bicyclic) bond motifs is 1. The SMILES string of the molecule is Cc1ccc(OCCOc2ccc3ccccc3c2/C=N/O)c(C)c1. The van der Waals surface area contributed by atoms with Crippen molar-refractivity contribution in [2.75, 3.05) is 13.2 Å². The van der Waals surface area contributed by atoms with Crippen LogP contribution >= 0.6 is 0 Å². The van der Waals surface area contributed by atoms with Gasteiger partial charge in [-0.2, -0.15) is 0 Å². The molecule has 1 N–H and O–H groups in total. The molecule has 0 atom stereocenters. The van der Waals surface area contributed by atoms with Crippen molar-refractivity contribution in [1.29, 1.82) is 0 Å². The van der Waals surface area contributed by atoms with Crippen LogP contribution in [-0.4, -0.2) is 24.6 Å². The molecule has 3 rings (SSSR count). The lowest BCUT2D eigenvalue weighted by molar-refractivity contribution is 0.216. The Morgan fingerprint density at radius 1 is 0.920 bits per heavy atom. The molecule has 0 bridgehead atoms. The maximum atomic E-state index is 8.97. The normalized spacial score (nSPS) is 11.1. The number of rotatable bonds is 6. The minimum atomic E-state index is 0.401. The molecule has 4 heteroatoms. The highest BCUT2D eigenvalue weighted by Gasteiger charge is 2.07. The van der Waals surface area contributed by atoms with Crippen LogP contribution in [0.2, 0.25) is 0 Å². The fraction of sp³-hybridized carbons (Fsp3) is 0.190. The molecule has 3 aromatic carbocycles. The molecule has 0 aliphatic carbocycles. The zero-order valence-electron chi connectivity index (χ0n) is 14.4. The van der Waals surface area contributed by atoms with E-state index in [0.29, 0.717) is 19.0 Å². The summed E-state index contributed by atoms with van der Waals surface area (Å²) in [5, 5.41) is 14.2. The molecule has 0 saturated carbocycles. The summed E-state index contributed by atoms with van der Waals surface area (Å²) in [6.07, 6.45) is 1.41. The maximum Gasteiger partial charge on any atom is 0.129 e. The topological polar surface area (TPSA) is 51.0 Å². The van der Waals surface area contributed by atoms with Crippen LogP contribution in [-0.2, 0) is 0 Å². The molecular weight excluding hydrogens is 314 g/mol. The maximum absolute atomic E-state index is 8.97. The summed E-state index contributed by atoms with van der Waals surface area (Å²) in [6, 6.07) is 17.9. The zero-order valence-corrected chi connectivity index (χ0v) is 14.4. The van der Waals surface area contributed by atoms with Crippen LogP contribution in [0.3, 0.4) is 0 Å². The molecule has 0 aliphatic heterocycles. The quantitative estimate of drug-likeness (QED) is 0.307. The predicted molar refractivity (Wildman–Crippen MR) is 100 cm³/mol. The Bertz CT molecular complexity index is 903. The second kappa shape index (κ2) is 7.71. The van der Waals surface area contributed by atoms with Crippen molar-refractivity contribution < 1.29 is 14.7 Å². The first kappa shape index (κ1) is 16.8. The summed E-state index contributed by atoms with van der Waals surface area (Å²) in [5.41, 5.74) is 3.08. The second-order valence-corrected chi connectivity index (χ2v) is 5.91. The molecule has 0 aliphatic rings. The first-order chi connectivity index (χ1) is 12.2. The molecular formula is C21H21NO3. The van der Waals surface area contributed by atoms with Crippen molar-refractivity contribution in [3.05, 3.63) is 71.3 Å². The lowest BCUT2D eigenvalue weighted by Gasteiger charge is -2.13. The van der Waals surface area contributed by atoms with Gasteiger partial charge in [-0.15, -0.1) is 0 Å². The van der Waals surface area contributed by atoms with Crippen LogP contribution in [0.5, 0.6) is 11.5 Å². The third-order valence-corrected chi connectivity index (χ3v) is 4.05. The van der Waals surface area contributed by atoms with Gasteiger partial charge in [0.15, 0.2) is 0 Å². The first-order valence-corrected chi connectivity index (χ1v) is 8.21. The summed E-state index contributed by atoms with van der Waals surface area (Å²) < 4.78 is 11.6. The van der Waals surface area contributed by atoms with Gasteiger partial charge < -0.3 is 14.7 Å². The molecule has 0 spiro atoms. The molecule has 0 radical (unpaired) electrons. The number of oxime groups is 1. The molecule has 0 fully saturated rings. The first-order valence-electron chi connectivity index (χ1n) is 8.21. The fourth-order valence-corrected chi connectivity index (χ4v) is 2.86. The van der Waals surface area contributed by atoms with Gasteiger partial charge >= 0.3 is 0 Å². The van der Waals surface area contributed by atoms with Crippen molar-refractivity contribution in [2.24, 2.45) is 5.16 Å². The fourth-order valence-electron chi connectivity index (χ4n) is 2.86. The lowest BCUT2D eigenvalue weighted by atomic mass is 10.0. The second-order valence-electron chi connectivity index (χ2n) is 5.91. The van der Waals surface area contributed by atoms with Crippen molar-refractivity contribution in [3.63, 3.8) is 0 Å². The highest BCUT2D eigenvalue weighted by atomic mass is 16.5. The zero-order chi connectivity index (χ0) is 17.6. The van der Waals surface area contributed by atoms with Crippen molar-refractivity contribution in [3.8, 4) is 11.5 Å². The predicted octanol–water partition coefficient (Wildman–Crippen LogP) is 4.72. The van der Waals surface area contributed by atoms with Crippen LogP contribution in [0.1, 0.15) is 16.7 Å². The number of hydrogen-bond donors (Lipinski definition) is 1. The van der Waals surface area contributed by atoms with Crippen molar-refractivity contribution in [1.82, 2.24) is 0 Å². The van der Waals surface area contributed by atoms with Gasteiger partial charge in [0.1, 0.15) is 24.7 Å². The number of ether oxygens (including phenoxy) is 2. The summed E-state index contributed by atoms with van der Waals surface area (Å²) in [6.45, 7) is 4.93. The Kier molecular flexibility index (Phi) is 5.19. The Morgan fingerprint density at radius 3 is 2.40 bits per heavy atom. The summed E-state index contributed by atoms with van der Waals surface area (Å²) in [7, 11) is 0. The van der Waals surface area contributed by atoms with E-state index in [-0.39, 0.29) is 0 Å². The van der Waals surface area contributed by atoms with Gasteiger partial charge in [0.25, 0.3) is 0 Å². The van der Waals surface area contributed by atoms with Gasteiger partial charge in [-0.25, -0.2) is 0 Å². The average molecular weight is 335 g/mol. The smallest absolute Gasteiger partial charge is 0.129 e. The Labute approximate surface area is 147 Å². The van der Waals surface area contributed by atoms with Crippen LogP contribution in [0.4, 0.5) is 0 Å². The van der Waals surface area contributed by atoms with E-state index in [9.17, 15) is 0 Å². The molecule has 4 nitrogen and oxygen atoms in total. The molecule has 0 heterocycles. The average Bonchev–Trinajstić information content (AvgIpc) is 2.62. The van der Waals surface area contributed by atoms with Gasteiger partial charge in [0.2, 0.25) is 0 Å². The van der Waals surface area contributed by atoms with Crippen molar-refractivity contribution in [2.45, 2.75) is 13.8 Å². The molecule has 128 valence electrons. The Balaban J connectivity index is 1.69. The lowest BCUT2D eigenvalue weighted by Crippen LogP contribution is -2.10. The van der Waals surface area contributed by atoms with Crippen LogP contribution in [0, 0.1) is 13.8 Å². The molecule has 25 heavy (non-hydrogen) atoms. The van der Waals surface area contributed by atoms with E-state index in [1.165, 1.54) is 11.8 Å². The van der Waals surface area contributed by atoms with Gasteiger partial charge in [-0.1, -0.05) is 53.2 Å². The van der Waals surface area contributed by atoms with Gasteiger partial charge in [-0.05, 0) is 42.3 Å². The van der Waals surface area contributed by atoms with Crippen LogP contribution in [0.15, 0.2) is 59.8 Å². The van der Waals surface area contributed by atoms with Gasteiger partial charge in [-0.3, -0.25) is 0 Å². The van der Waals surface area contributed by atoms with E-state index in [4.69, 9.17) is 14.7 Å². The number of hydrogen-bond acceptors (Lipinski definition) is 4. The van der Waals surface area contributed by atoms with Gasteiger partial charge in [0.05, 0.1) is 6.21 Å². The van der Waals surface area contributed by atoms with Gasteiger partial charge in [0, 0.05) is 5.56 Å². The Morgan fingerprint density at radius 2 is 1.64 bits per heavy atom. The number of aryl methyl sites for hydroxylation is 2. The highest BCUT2D eigenvalue weighted by Crippen LogP contribution is 2.27. The van der Waals surface area contributed by atoms with E-state index >= 15 is 0 Å². The van der Waals surface area contributed by atoms with E-state index in [0.717, 1.165) is 27.6 Å². The standard InChI is InChI=1S/C21H21NO3/c1-15-7-9-20(16(2)13-15)24-11-12-25-21-10-8-17-5-3-4-6-18(17)19(21)14-22-23/h3-10,13-14,23H,11-12H2,1-2H3/b22-14+. The Hall–Kier alpha value is -3.01. The van der Waals surface area contributed by atoms with Crippen LogP contribution in [0.25, 0.3) is 10.8 Å². The molecule has 0 aromatic heterocycles. The summed E-state index contributed by atoms with van der Waals surface area (Å²) in [4.78, 5) is 0. The number of benzene rings is 3. The minimum Gasteiger partial charge on any atom is -0.490 e. The third-order valence-electron chi connectivity index (χ3n) is 4.05. The minimum absolute atomic E-state index is 0.401. The monoisotopic (exact) mass is 335 g/mol. The largest absolute Gasteiger partial charge is 0.490 e. The van der Waals surface area contributed by atoms with Crippen LogP contribution < -0.4 is 9.47 Å². The van der Waals surface area contributed by atoms with E-state index < -0.39 is 0 Å². The number of nitrogens with zero attached hydrogens (tertiary/aromatic N) is 1. The van der Waals surface area contributed by atoms with Crippen molar-refractivity contribution >= 4 is 17.0 Å². The summed E-state index contributed by atoms with van der Waals surface area (Å²) in [5.74, 6) is 1.53. The van der Waals surface area contributed by atoms with E-state index in [2.05, 4.69) is 18.1 Å². The van der Waals surface area contributed by atoms with E-state index in [1.807, 2.05) is 55.5 Å². The molecule has 0 unspecified atom stereocenters. The van der Waals surface area contributed by atoms with E-state index in [1.54, 1.807) is 0 Å². The highest BCUT2D eigenvalue weighted by molar-refractivity contribution is 6.02. The molecule has 3 aromatic rings. The molecule has 0 amide bonds.